The predicted molar refractivity (Wildman–Crippen MR) is 71.4 cm³/mol. The van der Waals surface area contributed by atoms with Crippen LogP contribution in [0.15, 0.2) is 29.4 Å². The maximum atomic E-state index is 8.68. The second-order valence-corrected chi connectivity index (χ2v) is 4.47. The summed E-state index contributed by atoms with van der Waals surface area (Å²) in [6, 6.07) is 7.95. The first-order chi connectivity index (χ1) is 9.22. The number of morpholine rings is 1. The van der Waals surface area contributed by atoms with E-state index in [4.69, 9.17) is 20.4 Å². The Morgan fingerprint density at radius 1 is 1.63 bits per heavy atom. The number of ether oxygens (including phenoxy) is 2. The third-order valence-corrected chi connectivity index (χ3v) is 3.14. The lowest BCUT2D eigenvalue weighted by Gasteiger charge is -2.32. The van der Waals surface area contributed by atoms with E-state index >= 15 is 0 Å². The van der Waals surface area contributed by atoms with Crippen molar-refractivity contribution in [1.29, 1.82) is 0 Å². The molecule has 0 amide bonds. The van der Waals surface area contributed by atoms with Crippen molar-refractivity contribution in [2.75, 3.05) is 26.8 Å². The molecule has 1 heterocycles. The minimum atomic E-state index is -0.343. The van der Waals surface area contributed by atoms with Crippen LogP contribution in [0.3, 0.4) is 0 Å². The lowest BCUT2D eigenvalue weighted by Crippen LogP contribution is -2.48. The highest BCUT2D eigenvalue weighted by Gasteiger charge is 2.23. The van der Waals surface area contributed by atoms with Crippen molar-refractivity contribution >= 4 is 5.84 Å². The summed E-state index contributed by atoms with van der Waals surface area (Å²) in [5.74, 6) is 0.967. The second kappa shape index (κ2) is 6.40. The number of nitrogens with zero attached hydrogens (tertiary/aromatic N) is 2. The Morgan fingerprint density at radius 2 is 2.47 bits per heavy atom. The minimum absolute atomic E-state index is 0.121. The molecular formula is C13H19N3O3. The van der Waals surface area contributed by atoms with Crippen LogP contribution in [0.4, 0.5) is 0 Å². The van der Waals surface area contributed by atoms with Gasteiger partial charge in [0.05, 0.1) is 13.7 Å². The Morgan fingerprint density at radius 3 is 3.21 bits per heavy atom. The van der Waals surface area contributed by atoms with E-state index < -0.39 is 0 Å². The Kier molecular flexibility index (Phi) is 4.59. The van der Waals surface area contributed by atoms with E-state index in [0.717, 1.165) is 18.8 Å². The summed E-state index contributed by atoms with van der Waals surface area (Å²) in [6.45, 7) is 2.81. The molecule has 0 bridgehead atoms. The van der Waals surface area contributed by atoms with Gasteiger partial charge in [0, 0.05) is 19.6 Å². The Balaban J connectivity index is 1.98. The SMILES string of the molecule is COc1cccc(CN2CCOC(C(N)=NO)C2)c1. The minimum Gasteiger partial charge on any atom is -0.497 e. The number of hydrogen-bond donors (Lipinski definition) is 2. The van der Waals surface area contributed by atoms with Crippen molar-refractivity contribution < 1.29 is 14.7 Å². The van der Waals surface area contributed by atoms with Crippen LogP contribution in [0.25, 0.3) is 0 Å². The number of oxime groups is 1. The van der Waals surface area contributed by atoms with Crippen molar-refractivity contribution in [3.63, 3.8) is 0 Å². The first kappa shape index (κ1) is 13.6. The van der Waals surface area contributed by atoms with Crippen LogP contribution in [0, 0.1) is 0 Å². The summed E-state index contributed by atoms with van der Waals surface area (Å²) in [7, 11) is 1.66. The number of methoxy groups -OCH3 is 1. The van der Waals surface area contributed by atoms with Crippen LogP contribution in [0.2, 0.25) is 0 Å². The first-order valence-electron chi connectivity index (χ1n) is 6.17. The zero-order valence-electron chi connectivity index (χ0n) is 11.0. The summed E-state index contributed by atoms with van der Waals surface area (Å²) in [6.07, 6.45) is -0.343. The number of benzene rings is 1. The van der Waals surface area contributed by atoms with Gasteiger partial charge in [-0.3, -0.25) is 4.90 Å². The van der Waals surface area contributed by atoms with Gasteiger partial charge in [0.2, 0.25) is 0 Å². The van der Waals surface area contributed by atoms with Crippen LogP contribution in [-0.2, 0) is 11.3 Å². The van der Waals surface area contributed by atoms with E-state index in [1.54, 1.807) is 7.11 Å². The Hall–Kier alpha value is -1.79. The lowest BCUT2D eigenvalue weighted by atomic mass is 10.1. The van der Waals surface area contributed by atoms with Crippen LogP contribution >= 0.6 is 0 Å². The molecule has 6 heteroatoms. The predicted octanol–water partition coefficient (Wildman–Crippen LogP) is 0.642. The van der Waals surface area contributed by atoms with E-state index in [2.05, 4.69) is 16.1 Å². The van der Waals surface area contributed by atoms with E-state index in [-0.39, 0.29) is 11.9 Å². The average Bonchev–Trinajstić information content (AvgIpc) is 2.47. The molecule has 1 aromatic carbocycles. The zero-order valence-corrected chi connectivity index (χ0v) is 11.0. The average molecular weight is 265 g/mol. The van der Waals surface area contributed by atoms with Crippen molar-refractivity contribution in [2.45, 2.75) is 12.6 Å². The molecular weight excluding hydrogens is 246 g/mol. The van der Waals surface area contributed by atoms with E-state index in [0.29, 0.717) is 13.2 Å². The van der Waals surface area contributed by atoms with Gasteiger partial charge in [0.15, 0.2) is 5.84 Å². The third-order valence-electron chi connectivity index (χ3n) is 3.14. The number of amidine groups is 1. The molecule has 0 saturated carbocycles. The maximum Gasteiger partial charge on any atom is 0.169 e. The first-order valence-corrected chi connectivity index (χ1v) is 6.17. The molecule has 2 rings (SSSR count). The van der Waals surface area contributed by atoms with E-state index in [1.807, 2.05) is 18.2 Å². The van der Waals surface area contributed by atoms with Crippen LogP contribution in [0.1, 0.15) is 5.56 Å². The molecule has 1 saturated heterocycles. The lowest BCUT2D eigenvalue weighted by molar-refractivity contribution is 0.00140. The second-order valence-electron chi connectivity index (χ2n) is 4.47. The van der Waals surface area contributed by atoms with E-state index in [1.165, 1.54) is 5.56 Å². The highest BCUT2D eigenvalue weighted by Crippen LogP contribution is 2.16. The molecule has 3 N–H and O–H groups in total. The molecule has 1 fully saturated rings. The fourth-order valence-electron chi connectivity index (χ4n) is 2.12. The summed E-state index contributed by atoms with van der Waals surface area (Å²) in [4.78, 5) is 2.21. The van der Waals surface area contributed by atoms with Gasteiger partial charge in [-0.2, -0.15) is 0 Å². The standard InChI is InChI=1S/C13H19N3O3/c1-18-11-4-2-3-10(7-11)8-16-5-6-19-12(9-16)13(14)15-17/h2-4,7,12,17H,5-6,8-9H2,1H3,(H2,14,15). The van der Waals surface area contributed by atoms with Gasteiger partial charge in [-0.05, 0) is 17.7 Å². The number of rotatable bonds is 4. The monoisotopic (exact) mass is 265 g/mol. The molecule has 0 radical (unpaired) electrons. The zero-order chi connectivity index (χ0) is 13.7. The van der Waals surface area contributed by atoms with Crippen LogP contribution in [-0.4, -0.2) is 48.9 Å². The van der Waals surface area contributed by atoms with Crippen molar-refractivity contribution in [2.24, 2.45) is 10.9 Å². The third kappa shape index (κ3) is 3.59. The molecule has 1 atom stereocenters. The van der Waals surface area contributed by atoms with Gasteiger partial charge in [-0.25, -0.2) is 0 Å². The normalized spacial score (nSPS) is 21.3. The highest BCUT2D eigenvalue weighted by atomic mass is 16.5. The largest absolute Gasteiger partial charge is 0.497 e. The fraction of sp³-hybridized carbons (Fsp3) is 0.462. The Bertz CT molecular complexity index is 451. The quantitative estimate of drug-likeness (QED) is 0.361. The molecule has 19 heavy (non-hydrogen) atoms. The van der Waals surface area contributed by atoms with Gasteiger partial charge in [0.1, 0.15) is 11.9 Å². The Labute approximate surface area is 112 Å². The van der Waals surface area contributed by atoms with Gasteiger partial charge < -0.3 is 20.4 Å². The molecule has 1 aliphatic heterocycles. The van der Waals surface area contributed by atoms with E-state index in [9.17, 15) is 0 Å². The van der Waals surface area contributed by atoms with Crippen molar-refractivity contribution in [1.82, 2.24) is 4.90 Å². The van der Waals surface area contributed by atoms with Gasteiger partial charge in [0.25, 0.3) is 0 Å². The molecule has 1 aromatic rings. The highest BCUT2D eigenvalue weighted by molar-refractivity contribution is 5.84. The summed E-state index contributed by atoms with van der Waals surface area (Å²) in [5, 5.41) is 11.7. The molecule has 0 aromatic heterocycles. The summed E-state index contributed by atoms with van der Waals surface area (Å²) < 4.78 is 10.7. The maximum absolute atomic E-state index is 8.68. The smallest absolute Gasteiger partial charge is 0.169 e. The number of nitrogens with two attached hydrogens (primary N) is 1. The molecule has 1 aliphatic rings. The van der Waals surface area contributed by atoms with Gasteiger partial charge in [-0.1, -0.05) is 17.3 Å². The van der Waals surface area contributed by atoms with Crippen LogP contribution < -0.4 is 10.5 Å². The van der Waals surface area contributed by atoms with Crippen molar-refractivity contribution in [3.05, 3.63) is 29.8 Å². The molecule has 104 valence electrons. The fourth-order valence-corrected chi connectivity index (χ4v) is 2.12. The van der Waals surface area contributed by atoms with Crippen molar-refractivity contribution in [3.8, 4) is 5.75 Å². The summed E-state index contributed by atoms with van der Waals surface area (Å²) >= 11 is 0. The van der Waals surface area contributed by atoms with Gasteiger partial charge in [-0.15, -0.1) is 0 Å². The number of hydrogen-bond acceptors (Lipinski definition) is 5. The summed E-state index contributed by atoms with van der Waals surface area (Å²) in [5.41, 5.74) is 6.74. The molecule has 0 aliphatic carbocycles. The molecule has 6 nitrogen and oxygen atoms in total. The van der Waals surface area contributed by atoms with Crippen LogP contribution in [0.5, 0.6) is 5.75 Å². The van der Waals surface area contributed by atoms with Gasteiger partial charge >= 0.3 is 0 Å². The molecule has 0 spiro atoms. The topological polar surface area (TPSA) is 80.3 Å². The molecule has 1 unspecified atom stereocenters.